The molecule has 0 spiro atoms. The Hall–Kier alpha value is -0.980. The lowest BCUT2D eigenvalue weighted by Crippen LogP contribution is -2.60. The van der Waals surface area contributed by atoms with Gasteiger partial charge in [0.25, 0.3) is 0 Å². The molecule has 1 saturated heterocycles. The van der Waals surface area contributed by atoms with E-state index in [1.54, 1.807) is 0 Å². The maximum Gasteiger partial charge on any atom is 0.163 e. The fourth-order valence-corrected chi connectivity index (χ4v) is 3.98. The molecule has 2 unspecified atom stereocenters. The summed E-state index contributed by atoms with van der Waals surface area (Å²) in [6, 6.07) is 10.0. The first-order chi connectivity index (χ1) is 15.1. The van der Waals surface area contributed by atoms with E-state index >= 15 is 0 Å². The molecule has 1 aliphatic heterocycles. The topological polar surface area (TPSA) is 57.2 Å². The van der Waals surface area contributed by atoms with E-state index in [4.69, 9.17) is 18.9 Å². The first-order valence-electron chi connectivity index (χ1n) is 12.3. The molecule has 0 amide bonds. The molecule has 5 nitrogen and oxygen atoms in total. The number of unbranched alkanes of at least 4 members (excludes halogenated alkanes) is 3. The molecular formula is C26H44O5. The third-order valence-electron chi connectivity index (χ3n) is 5.95. The van der Waals surface area contributed by atoms with Crippen molar-refractivity contribution in [1.82, 2.24) is 0 Å². The van der Waals surface area contributed by atoms with E-state index < -0.39 is 18.5 Å². The summed E-state index contributed by atoms with van der Waals surface area (Å²) in [4.78, 5) is 0. The molecule has 1 heterocycles. The fraction of sp³-hybridized carbons (Fsp3) is 0.769. The normalized spacial score (nSPS) is 27.3. The van der Waals surface area contributed by atoms with Gasteiger partial charge in [0.05, 0.1) is 12.2 Å². The minimum Gasteiger partial charge on any atom is -0.390 e. The highest BCUT2D eigenvalue weighted by molar-refractivity contribution is 5.16. The van der Waals surface area contributed by atoms with Crippen molar-refractivity contribution in [2.24, 2.45) is 5.92 Å². The number of benzene rings is 1. The molecule has 0 bridgehead atoms. The molecule has 0 radical (unpaired) electrons. The molecule has 0 saturated carbocycles. The Kier molecular flexibility index (Phi) is 12.7. The second kappa shape index (κ2) is 15.0. The van der Waals surface area contributed by atoms with Crippen molar-refractivity contribution in [1.29, 1.82) is 0 Å². The maximum atomic E-state index is 11.2. The molecule has 1 aromatic carbocycles. The number of hydrogen-bond donors (Lipinski definition) is 1. The van der Waals surface area contributed by atoms with E-state index in [1.165, 1.54) is 0 Å². The minimum atomic E-state index is -0.698. The van der Waals surface area contributed by atoms with Crippen LogP contribution in [0.4, 0.5) is 0 Å². The highest BCUT2D eigenvalue weighted by Gasteiger charge is 2.48. The summed E-state index contributed by atoms with van der Waals surface area (Å²) in [5, 5.41) is 11.2. The number of hydrogen-bond acceptors (Lipinski definition) is 5. The molecule has 2 rings (SSSR count). The smallest absolute Gasteiger partial charge is 0.163 e. The van der Waals surface area contributed by atoms with Crippen LogP contribution in [0.5, 0.6) is 0 Å². The summed E-state index contributed by atoms with van der Waals surface area (Å²) in [5.74, 6) is 0.0283. The molecule has 5 heteroatoms. The largest absolute Gasteiger partial charge is 0.390 e. The standard InChI is InChI=1S/C26H44O5/c1-5-8-16-28-23-20(4)26(30-18-10-7-3)31-24(25(23)29-17-9-6-2)22(27)19-21-14-12-11-13-15-21/h11-15,20,22-27H,5-10,16-19H2,1-4H3/t20-,22?,23-,24+,25+,26?/m0/s1. The summed E-state index contributed by atoms with van der Waals surface area (Å²) >= 11 is 0. The first-order valence-corrected chi connectivity index (χ1v) is 12.3. The highest BCUT2D eigenvalue weighted by Crippen LogP contribution is 2.33. The van der Waals surface area contributed by atoms with Crippen molar-refractivity contribution in [3.8, 4) is 0 Å². The van der Waals surface area contributed by atoms with Gasteiger partial charge in [-0.3, -0.25) is 0 Å². The van der Waals surface area contributed by atoms with Crippen molar-refractivity contribution in [2.75, 3.05) is 19.8 Å². The highest BCUT2D eigenvalue weighted by atomic mass is 16.7. The van der Waals surface area contributed by atoms with Crippen LogP contribution in [0, 0.1) is 5.92 Å². The Morgan fingerprint density at radius 3 is 1.97 bits per heavy atom. The Morgan fingerprint density at radius 2 is 1.39 bits per heavy atom. The first kappa shape index (κ1) is 26.3. The average molecular weight is 437 g/mol. The van der Waals surface area contributed by atoms with Gasteiger partial charge in [-0.05, 0) is 24.8 Å². The number of aliphatic hydroxyl groups is 1. The number of aliphatic hydroxyl groups excluding tert-OH is 1. The SMILES string of the molecule is CCCCOC1O[C@H](C(O)Cc2ccccc2)[C@H](OCCCC)[C@@H](OCCCC)[C@@H]1C. The van der Waals surface area contributed by atoms with Gasteiger partial charge in [0.1, 0.15) is 12.2 Å². The molecule has 31 heavy (non-hydrogen) atoms. The second-order valence-electron chi connectivity index (χ2n) is 8.69. The summed E-state index contributed by atoms with van der Waals surface area (Å²) < 4.78 is 25.2. The van der Waals surface area contributed by atoms with Gasteiger partial charge in [0.15, 0.2) is 6.29 Å². The zero-order valence-corrected chi connectivity index (χ0v) is 20.0. The van der Waals surface area contributed by atoms with Gasteiger partial charge in [-0.25, -0.2) is 0 Å². The predicted molar refractivity (Wildman–Crippen MR) is 124 cm³/mol. The predicted octanol–water partition coefficient (Wildman–Crippen LogP) is 5.14. The quantitative estimate of drug-likeness (QED) is 0.386. The Balaban J connectivity index is 2.20. The van der Waals surface area contributed by atoms with Crippen LogP contribution in [0.2, 0.25) is 0 Å². The van der Waals surface area contributed by atoms with Crippen LogP contribution in [0.25, 0.3) is 0 Å². The summed E-state index contributed by atoms with van der Waals surface area (Å²) in [5.41, 5.74) is 1.08. The molecule has 178 valence electrons. The number of ether oxygens (including phenoxy) is 4. The third kappa shape index (κ3) is 8.47. The molecule has 1 aliphatic rings. The minimum absolute atomic E-state index is 0.0283. The Bertz CT molecular complexity index is 566. The van der Waals surface area contributed by atoms with E-state index in [0.717, 1.165) is 44.1 Å². The van der Waals surface area contributed by atoms with Crippen LogP contribution < -0.4 is 0 Å². The van der Waals surface area contributed by atoms with Gasteiger partial charge in [0, 0.05) is 32.2 Å². The van der Waals surface area contributed by atoms with Crippen LogP contribution in [-0.4, -0.2) is 55.6 Å². The fourth-order valence-electron chi connectivity index (χ4n) is 3.98. The van der Waals surface area contributed by atoms with Crippen LogP contribution >= 0.6 is 0 Å². The lowest BCUT2D eigenvalue weighted by Gasteiger charge is -2.46. The van der Waals surface area contributed by atoms with E-state index in [9.17, 15) is 5.11 Å². The van der Waals surface area contributed by atoms with Crippen LogP contribution in [0.3, 0.4) is 0 Å². The van der Waals surface area contributed by atoms with Gasteiger partial charge in [0.2, 0.25) is 0 Å². The van der Waals surface area contributed by atoms with E-state index in [2.05, 4.69) is 27.7 Å². The van der Waals surface area contributed by atoms with Gasteiger partial charge < -0.3 is 24.1 Å². The van der Waals surface area contributed by atoms with Crippen molar-refractivity contribution >= 4 is 0 Å². The average Bonchev–Trinajstić information content (AvgIpc) is 2.77. The van der Waals surface area contributed by atoms with E-state index in [0.29, 0.717) is 26.2 Å². The molecule has 1 fully saturated rings. The van der Waals surface area contributed by atoms with Crippen molar-refractivity contribution < 1.29 is 24.1 Å². The molecule has 6 atom stereocenters. The van der Waals surface area contributed by atoms with Gasteiger partial charge >= 0.3 is 0 Å². The maximum absolute atomic E-state index is 11.2. The summed E-state index contributed by atoms with van der Waals surface area (Å²) in [6.07, 6.45) is 4.61. The zero-order valence-electron chi connectivity index (χ0n) is 20.0. The lowest BCUT2D eigenvalue weighted by atomic mass is 9.87. The van der Waals surface area contributed by atoms with E-state index in [1.807, 2.05) is 30.3 Å². The van der Waals surface area contributed by atoms with Crippen molar-refractivity contribution in [3.05, 3.63) is 35.9 Å². The summed E-state index contributed by atoms with van der Waals surface area (Å²) in [7, 11) is 0. The van der Waals surface area contributed by atoms with Crippen LogP contribution in [0.1, 0.15) is 71.8 Å². The molecular weight excluding hydrogens is 392 g/mol. The molecule has 0 aromatic heterocycles. The van der Waals surface area contributed by atoms with Crippen molar-refractivity contribution in [3.63, 3.8) is 0 Å². The monoisotopic (exact) mass is 436 g/mol. The number of rotatable bonds is 15. The van der Waals surface area contributed by atoms with Gasteiger partial charge in [-0.2, -0.15) is 0 Å². The second-order valence-corrected chi connectivity index (χ2v) is 8.69. The Morgan fingerprint density at radius 1 is 0.839 bits per heavy atom. The molecule has 1 N–H and O–H groups in total. The Labute approximate surface area is 189 Å². The van der Waals surface area contributed by atoms with Gasteiger partial charge in [-0.1, -0.05) is 77.3 Å². The summed E-state index contributed by atoms with van der Waals surface area (Å²) in [6.45, 7) is 10.5. The lowest BCUT2D eigenvalue weighted by molar-refractivity contribution is -0.306. The van der Waals surface area contributed by atoms with Gasteiger partial charge in [-0.15, -0.1) is 0 Å². The molecule has 0 aliphatic carbocycles. The van der Waals surface area contributed by atoms with E-state index in [-0.39, 0.29) is 18.1 Å². The van der Waals surface area contributed by atoms with Crippen molar-refractivity contribution in [2.45, 2.75) is 103 Å². The molecule has 1 aromatic rings. The van der Waals surface area contributed by atoms with Crippen LogP contribution in [-0.2, 0) is 25.4 Å². The third-order valence-corrected chi connectivity index (χ3v) is 5.95. The zero-order chi connectivity index (χ0) is 22.5. The van der Waals surface area contributed by atoms with Crippen LogP contribution in [0.15, 0.2) is 30.3 Å².